The van der Waals surface area contributed by atoms with Crippen molar-refractivity contribution in [1.29, 1.82) is 0 Å². The van der Waals surface area contributed by atoms with E-state index in [0.29, 0.717) is 10.8 Å². The molecule has 0 bridgehead atoms. The molecule has 33 heavy (non-hydrogen) atoms. The molecule has 1 heterocycles. The van der Waals surface area contributed by atoms with Crippen LogP contribution in [0.25, 0.3) is 17.1 Å². The van der Waals surface area contributed by atoms with E-state index in [4.69, 9.17) is 11.6 Å². The minimum Gasteiger partial charge on any atom is -0.319 e. The molecule has 0 aliphatic rings. The van der Waals surface area contributed by atoms with Gasteiger partial charge in [-0.25, -0.2) is 9.67 Å². The monoisotopic (exact) mass is 522 g/mol. The highest BCUT2D eigenvalue weighted by atomic mass is 79.9. The van der Waals surface area contributed by atoms with Crippen molar-refractivity contribution in [1.82, 2.24) is 14.8 Å². The van der Waals surface area contributed by atoms with E-state index in [0.717, 1.165) is 38.1 Å². The Labute approximate surface area is 207 Å². The lowest BCUT2D eigenvalue weighted by atomic mass is 10.0. The molecular formula is C26H24BrClN4O. The summed E-state index contributed by atoms with van der Waals surface area (Å²) in [7, 11) is 0. The second-order valence-corrected chi connectivity index (χ2v) is 9.64. The summed E-state index contributed by atoms with van der Waals surface area (Å²) in [6, 6.07) is 19.4. The second-order valence-electron chi connectivity index (χ2n) is 8.31. The zero-order valence-corrected chi connectivity index (χ0v) is 21.2. The van der Waals surface area contributed by atoms with Gasteiger partial charge in [0.15, 0.2) is 5.82 Å². The summed E-state index contributed by atoms with van der Waals surface area (Å²) in [6.45, 7) is 8.13. The minimum atomic E-state index is -0.370. The first kappa shape index (κ1) is 23.2. The van der Waals surface area contributed by atoms with Gasteiger partial charge >= 0.3 is 0 Å². The predicted molar refractivity (Wildman–Crippen MR) is 137 cm³/mol. The van der Waals surface area contributed by atoms with Crippen molar-refractivity contribution >= 4 is 39.1 Å². The van der Waals surface area contributed by atoms with Crippen molar-refractivity contribution < 1.29 is 4.79 Å². The summed E-state index contributed by atoms with van der Waals surface area (Å²) in [6.07, 6.45) is 0. The fraction of sp³-hybridized carbons (Fsp3) is 0.192. The molecule has 5 nitrogen and oxygen atoms in total. The summed E-state index contributed by atoms with van der Waals surface area (Å²) >= 11 is 9.88. The highest BCUT2D eigenvalue weighted by Gasteiger charge is 2.21. The molecule has 0 atom stereocenters. The Balaban J connectivity index is 1.78. The van der Waals surface area contributed by atoms with Gasteiger partial charge in [0.2, 0.25) is 5.82 Å². The number of nitrogens with zero attached hydrogens (tertiary/aromatic N) is 3. The van der Waals surface area contributed by atoms with Crippen LogP contribution in [0.4, 0.5) is 5.69 Å². The van der Waals surface area contributed by atoms with Gasteiger partial charge in [-0.05, 0) is 67.3 Å². The Kier molecular flexibility index (Phi) is 6.68. The average Bonchev–Trinajstić information content (AvgIpc) is 3.22. The lowest BCUT2D eigenvalue weighted by molar-refractivity contribution is 0.101. The number of anilines is 1. The molecule has 0 saturated carbocycles. The third-order valence-electron chi connectivity index (χ3n) is 5.37. The number of halogens is 2. The van der Waals surface area contributed by atoms with Crippen LogP contribution in [0.5, 0.6) is 0 Å². The molecule has 1 amide bonds. The molecule has 0 aliphatic carbocycles. The van der Waals surface area contributed by atoms with E-state index >= 15 is 0 Å². The number of rotatable bonds is 5. The van der Waals surface area contributed by atoms with Gasteiger partial charge < -0.3 is 5.32 Å². The normalized spacial score (nSPS) is 11.1. The molecule has 168 valence electrons. The molecule has 7 heteroatoms. The largest absolute Gasteiger partial charge is 0.319 e. The first-order chi connectivity index (χ1) is 15.7. The van der Waals surface area contributed by atoms with E-state index < -0.39 is 0 Å². The number of benzene rings is 3. The van der Waals surface area contributed by atoms with Crippen LogP contribution in [0.2, 0.25) is 5.02 Å². The molecule has 1 N–H and O–H groups in total. The molecular weight excluding hydrogens is 500 g/mol. The van der Waals surface area contributed by atoms with E-state index in [-0.39, 0.29) is 17.6 Å². The Hall–Kier alpha value is -2.96. The Morgan fingerprint density at radius 3 is 2.55 bits per heavy atom. The van der Waals surface area contributed by atoms with Gasteiger partial charge in [-0.3, -0.25) is 4.79 Å². The van der Waals surface area contributed by atoms with Crippen LogP contribution in [0.1, 0.15) is 47.1 Å². The van der Waals surface area contributed by atoms with Crippen LogP contribution in [-0.4, -0.2) is 20.7 Å². The van der Waals surface area contributed by atoms with Crippen molar-refractivity contribution in [3.05, 3.63) is 92.7 Å². The van der Waals surface area contributed by atoms with Gasteiger partial charge in [0.25, 0.3) is 5.91 Å². The zero-order valence-electron chi connectivity index (χ0n) is 18.9. The Morgan fingerprint density at radius 1 is 1.06 bits per heavy atom. The minimum absolute atomic E-state index is 0.0841. The molecule has 0 fully saturated rings. The number of carbonyl (C=O) groups excluding carboxylic acids is 1. The summed E-state index contributed by atoms with van der Waals surface area (Å²) in [4.78, 5) is 17.8. The van der Waals surface area contributed by atoms with Crippen LogP contribution in [0, 0.1) is 13.8 Å². The topological polar surface area (TPSA) is 59.8 Å². The third-order valence-corrected chi connectivity index (χ3v) is 6.27. The highest BCUT2D eigenvalue weighted by Crippen LogP contribution is 2.29. The van der Waals surface area contributed by atoms with Crippen LogP contribution in [0.3, 0.4) is 0 Å². The predicted octanol–water partition coefficient (Wildman–Crippen LogP) is 7.34. The van der Waals surface area contributed by atoms with Gasteiger partial charge in [0, 0.05) is 20.7 Å². The molecule has 1 aromatic heterocycles. The molecule has 0 spiro atoms. The van der Waals surface area contributed by atoms with Crippen molar-refractivity contribution in [3.63, 3.8) is 0 Å². The average molecular weight is 524 g/mol. The molecule has 4 rings (SSSR count). The fourth-order valence-corrected chi connectivity index (χ4v) is 4.13. The lowest BCUT2D eigenvalue weighted by Crippen LogP contribution is -2.16. The number of aromatic nitrogens is 3. The van der Waals surface area contributed by atoms with Crippen LogP contribution < -0.4 is 5.32 Å². The Bertz CT molecular complexity index is 1350. The Morgan fingerprint density at radius 2 is 1.85 bits per heavy atom. The first-order valence-corrected chi connectivity index (χ1v) is 11.8. The number of nitrogens with one attached hydrogen (secondary N) is 1. The maximum Gasteiger partial charge on any atom is 0.295 e. The summed E-state index contributed by atoms with van der Waals surface area (Å²) in [5, 5.41) is 8.18. The molecule has 0 radical (unpaired) electrons. The quantitative estimate of drug-likeness (QED) is 0.298. The molecule has 4 aromatic rings. The van der Waals surface area contributed by atoms with E-state index in [2.05, 4.69) is 45.2 Å². The van der Waals surface area contributed by atoms with Gasteiger partial charge in [-0.1, -0.05) is 71.2 Å². The molecule has 3 aromatic carbocycles. The number of aryl methyl sites for hydroxylation is 2. The standard InChI is InChI=1S/C26H24BrClN4O/c1-15(2)21-13-19(27)9-11-23(21)29-26(33)24-30-25(18-7-5-6-16(3)12-18)32(31-24)20-10-8-17(4)22(28)14-20/h5-15H,1-4H3,(H,29,33). The van der Waals surface area contributed by atoms with E-state index in [1.165, 1.54) is 0 Å². The SMILES string of the molecule is Cc1cccc(-c2nc(C(=O)Nc3ccc(Br)cc3C(C)C)nn2-c2ccc(C)c(Cl)c2)c1. The fourth-order valence-electron chi connectivity index (χ4n) is 3.58. The second kappa shape index (κ2) is 9.49. The smallest absolute Gasteiger partial charge is 0.295 e. The van der Waals surface area contributed by atoms with Crippen LogP contribution in [-0.2, 0) is 0 Å². The van der Waals surface area contributed by atoms with Gasteiger partial charge in [0.05, 0.1) is 5.69 Å². The first-order valence-electron chi connectivity index (χ1n) is 10.6. The van der Waals surface area contributed by atoms with Crippen molar-refractivity contribution in [2.75, 3.05) is 5.32 Å². The summed E-state index contributed by atoms with van der Waals surface area (Å²) < 4.78 is 2.63. The summed E-state index contributed by atoms with van der Waals surface area (Å²) in [5.74, 6) is 0.524. The van der Waals surface area contributed by atoms with E-state index in [1.54, 1.807) is 4.68 Å². The van der Waals surface area contributed by atoms with Gasteiger partial charge in [0.1, 0.15) is 0 Å². The number of carbonyl (C=O) groups is 1. The van der Waals surface area contributed by atoms with Crippen molar-refractivity contribution in [2.45, 2.75) is 33.6 Å². The molecule has 0 aliphatic heterocycles. The van der Waals surface area contributed by atoms with E-state index in [9.17, 15) is 4.79 Å². The molecule has 0 unspecified atom stereocenters. The van der Waals surface area contributed by atoms with Crippen molar-refractivity contribution in [2.24, 2.45) is 0 Å². The number of hydrogen-bond donors (Lipinski definition) is 1. The van der Waals surface area contributed by atoms with Gasteiger partial charge in [-0.15, -0.1) is 5.10 Å². The van der Waals surface area contributed by atoms with Crippen molar-refractivity contribution in [3.8, 4) is 17.1 Å². The van der Waals surface area contributed by atoms with E-state index in [1.807, 2.05) is 74.5 Å². The van der Waals surface area contributed by atoms with Gasteiger partial charge in [-0.2, -0.15) is 0 Å². The maximum absolute atomic E-state index is 13.2. The maximum atomic E-state index is 13.2. The molecule has 0 saturated heterocycles. The third kappa shape index (κ3) is 5.02. The highest BCUT2D eigenvalue weighted by molar-refractivity contribution is 9.10. The number of hydrogen-bond acceptors (Lipinski definition) is 3. The lowest BCUT2D eigenvalue weighted by Gasteiger charge is -2.13. The van der Waals surface area contributed by atoms with Crippen LogP contribution >= 0.6 is 27.5 Å². The summed E-state index contributed by atoms with van der Waals surface area (Å²) in [5.41, 5.74) is 5.43. The van der Waals surface area contributed by atoms with Crippen LogP contribution in [0.15, 0.2) is 65.1 Å². The number of amides is 1. The zero-order chi connectivity index (χ0) is 23.7.